The molecule has 0 saturated heterocycles. The van der Waals surface area contributed by atoms with Gasteiger partial charge in [-0.05, 0) is 63.6 Å². The molecule has 2 bridgehead atoms. The summed E-state index contributed by atoms with van der Waals surface area (Å²) in [6.45, 7) is 7.40. The second kappa shape index (κ2) is 4.36. The average Bonchev–Trinajstić information content (AvgIpc) is 2.72. The molecular weight excluding hydrogens is 216 g/mol. The van der Waals surface area contributed by atoms with Crippen LogP contribution in [-0.2, 0) is 0 Å². The smallest absolute Gasteiger partial charge is 0.166 e. The minimum absolute atomic E-state index is 0.0542. The van der Waals surface area contributed by atoms with Gasteiger partial charge in [-0.3, -0.25) is 0 Å². The number of rotatable bonds is 2. The van der Waals surface area contributed by atoms with E-state index in [0.29, 0.717) is 0 Å². The molecule has 0 radical (unpaired) electrons. The summed E-state index contributed by atoms with van der Waals surface area (Å²) >= 11 is 5.28. The van der Waals surface area contributed by atoms with Crippen LogP contribution in [0, 0.1) is 17.8 Å². The van der Waals surface area contributed by atoms with Crippen molar-refractivity contribution in [3.8, 4) is 0 Å². The van der Waals surface area contributed by atoms with Crippen LogP contribution in [0.25, 0.3) is 0 Å². The van der Waals surface area contributed by atoms with E-state index < -0.39 is 0 Å². The summed E-state index contributed by atoms with van der Waals surface area (Å²) in [4.78, 5) is 0. The van der Waals surface area contributed by atoms with Crippen LogP contribution in [0.2, 0.25) is 0 Å². The van der Waals surface area contributed by atoms with Crippen LogP contribution < -0.4 is 10.6 Å². The molecule has 1 fully saturated rings. The molecule has 2 N–H and O–H groups in total. The van der Waals surface area contributed by atoms with Gasteiger partial charge in [0.25, 0.3) is 0 Å². The normalized spacial score (nSPS) is 31.8. The molecule has 0 aromatic heterocycles. The van der Waals surface area contributed by atoms with Crippen LogP contribution in [-0.4, -0.2) is 17.2 Å². The Kier molecular flexibility index (Phi) is 3.24. The maximum Gasteiger partial charge on any atom is 0.166 e. The van der Waals surface area contributed by atoms with Gasteiger partial charge < -0.3 is 10.6 Å². The largest absolute Gasteiger partial charge is 0.362 e. The minimum Gasteiger partial charge on any atom is -0.362 e. The quantitative estimate of drug-likeness (QED) is 0.571. The molecule has 0 aromatic carbocycles. The molecule has 3 heteroatoms. The topological polar surface area (TPSA) is 24.1 Å². The minimum atomic E-state index is 0.0542. The van der Waals surface area contributed by atoms with Crippen molar-refractivity contribution in [2.75, 3.05) is 6.54 Å². The van der Waals surface area contributed by atoms with Crippen molar-refractivity contribution >= 4 is 17.3 Å². The van der Waals surface area contributed by atoms with Crippen molar-refractivity contribution in [1.82, 2.24) is 10.6 Å². The summed E-state index contributed by atoms with van der Waals surface area (Å²) in [6, 6.07) is 0. The fraction of sp³-hybridized carbons (Fsp3) is 0.769. The first-order chi connectivity index (χ1) is 7.44. The Balaban J connectivity index is 1.72. The van der Waals surface area contributed by atoms with Gasteiger partial charge in [-0.25, -0.2) is 0 Å². The van der Waals surface area contributed by atoms with Gasteiger partial charge >= 0.3 is 0 Å². The van der Waals surface area contributed by atoms with Gasteiger partial charge in [0.2, 0.25) is 0 Å². The number of thiocarbonyl (C=S) groups is 1. The van der Waals surface area contributed by atoms with Crippen LogP contribution in [0.15, 0.2) is 12.2 Å². The van der Waals surface area contributed by atoms with Crippen LogP contribution in [0.4, 0.5) is 0 Å². The molecule has 2 nitrogen and oxygen atoms in total. The number of nitrogens with one attached hydrogen (secondary N) is 2. The molecule has 2 aliphatic rings. The lowest BCUT2D eigenvalue weighted by Gasteiger charge is -2.25. The number of fused-ring (bicyclic) bond motifs is 2. The fourth-order valence-electron chi connectivity index (χ4n) is 2.74. The highest BCUT2D eigenvalue weighted by Crippen LogP contribution is 2.42. The molecule has 0 spiro atoms. The van der Waals surface area contributed by atoms with E-state index in [1.54, 1.807) is 0 Å². The van der Waals surface area contributed by atoms with Gasteiger partial charge in [-0.1, -0.05) is 12.2 Å². The van der Waals surface area contributed by atoms with E-state index in [0.717, 1.165) is 29.4 Å². The van der Waals surface area contributed by atoms with Gasteiger partial charge in [0.1, 0.15) is 0 Å². The van der Waals surface area contributed by atoms with Gasteiger partial charge in [0.15, 0.2) is 5.11 Å². The Morgan fingerprint density at radius 3 is 2.56 bits per heavy atom. The molecule has 0 heterocycles. The Hall–Kier alpha value is -0.570. The van der Waals surface area contributed by atoms with Crippen LogP contribution in [0.1, 0.15) is 33.6 Å². The maximum atomic E-state index is 5.28. The third kappa shape index (κ3) is 2.97. The average molecular weight is 238 g/mol. The highest BCUT2D eigenvalue weighted by Gasteiger charge is 2.35. The van der Waals surface area contributed by atoms with Gasteiger partial charge in [-0.2, -0.15) is 0 Å². The zero-order valence-electron chi connectivity index (χ0n) is 10.4. The summed E-state index contributed by atoms with van der Waals surface area (Å²) in [5.41, 5.74) is 0.0542. The molecule has 90 valence electrons. The highest BCUT2D eigenvalue weighted by molar-refractivity contribution is 7.80. The summed E-state index contributed by atoms with van der Waals surface area (Å²) in [7, 11) is 0. The predicted octanol–water partition coefficient (Wildman–Crippen LogP) is 2.46. The third-order valence-electron chi connectivity index (χ3n) is 3.43. The number of hydrogen-bond donors (Lipinski definition) is 2. The summed E-state index contributed by atoms with van der Waals surface area (Å²) in [6.07, 6.45) is 7.48. The number of hydrogen-bond acceptors (Lipinski definition) is 1. The fourth-order valence-corrected chi connectivity index (χ4v) is 3.13. The third-order valence-corrected chi connectivity index (χ3v) is 3.68. The Bertz CT molecular complexity index is 304. The molecule has 0 amide bonds. The molecular formula is C13H22N2S. The van der Waals surface area contributed by atoms with Crippen molar-refractivity contribution in [3.63, 3.8) is 0 Å². The SMILES string of the molecule is CC(C)(C)NC(=S)NCC1CC2C=CC1C2. The van der Waals surface area contributed by atoms with Gasteiger partial charge in [0.05, 0.1) is 0 Å². The Morgan fingerprint density at radius 1 is 1.31 bits per heavy atom. The second-order valence-corrected chi connectivity index (χ2v) is 6.53. The van der Waals surface area contributed by atoms with E-state index in [2.05, 4.69) is 43.6 Å². The van der Waals surface area contributed by atoms with E-state index in [1.807, 2.05) is 0 Å². The zero-order valence-corrected chi connectivity index (χ0v) is 11.2. The van der Waals surface area contributed by atoms with E-state index in [1.165, 1.54) is 12.8 Å². The van der Waals surface area contributed by atoms with Gasteiger partial charge in [0, 0.05) is 12.1 Å². The molecule has 2 rings (SSSR count). The maximum absolute atomic E-state index is 5.28. The summed E-state index contributed by atoms with van der Waals surface area (Å²) < 4.78 is 0. The molecule has 2 aliphatic carbocycles. The van der Waals surface area contributed by atoms with E-state index in [-0.39, 0.29) is 5.54 Å². The lowest BCUT2D eigenvalue weighted by Crippen LogP contribution is -2.47. The predicted molar refractivity (Wildman–Crippen MR) is 72.3 cm³/mol. The lowest BCUT2D eigenvalue weighted by atomic mass is 9.94. The zero-order chi connectivity index (χ0) is 11.8. The van der Waals surface area contributed by atoms with E-state index in [4.69, 9.17) is 12.2 Å². The monoisotopic (exact) mass is 238 g/mol. The first-order valence-electron chi connectivity index (χ1n) is 6.18. The van der Waals surface area contributed by atoms with Crippen molar-refractivity contribution in [3.05, 3.63) is 12.2 Å². The van der Waals surface area contributed by atoms with Crippen molar-refractivity contribution in [1.29, 1.82) is 0 Å². The highest BCUT2D eigenvalue weighted by atomic mass is 32.1. The summed E-state index contributed by atoms with van der Waals surface area (Å²) in [5.74, 6) is 2.44. The first-order valence-corrected chi connectivity index (χ1v) is 6.59. The van der Waals surface area contributed by atoms with Crippen molar-refractivity contribution in [2.45, 2.75) is 39.2 Å². The van der Waals surface area contributed by atoms with E-state index >= 15 is 0 Å². The molecule has 0 aliphatic heterocycles. The Morgan fingerprint density at radius 2 is 2.06 bits per heavy atom. The van der Waals surface area contributed by atoms with Gasteiger partial charge in [-0.15, -0.1) is 0 Å². The van der Waals surface area contributed by atoms with E-state index in [9.17, 15) is 0 Å². The van der Waals surface area contributed by atoms with Crippen LogP contribution in [0.5, 0.6) is 0 Å². The number of allylic oxidation sites excluding steroid dienone is 2. The van der Waals surface area contributed by atoms with Crippen molar-refractivity contribution in [2.24, 2.45) is 17.8 Å². The molecule has 3 atom stereocenters. The first kappa shape index (κ1) is 11.9. The van der Waals surface area contributed by atoms with Crippen LogP contribution >= 0.6 is 12.2 Å². The Labute approximate surface area is 104 Å². The molecule has 1 saturated carbocycles. The van der Waals surface area contributed by atoms with Crippen LogP contribution in [0.3, 0.4) is 0 Å². The molecule has 16 heavy (non-hydrogen) atoms. The standard InChI is InChI=1S/C13H22N2S/c1-13(2,3)15-12(16)14-8-11-7-9-4-5-10(11)6-9/h4-5,9-11H,6-8H2,1-3H3,(H2,14,15,16). The molecule has 0 aromatic rings. The second-order valence-electron chi connectivity index (χ2n) is 6.13. The van der Waals surface area contributed by atoms with Crippen molar-refractivity contribution < 1.29 is 0 Å². The lowest BCUT2D eigenvalue weighted by molar-refractivity contribution is 0.435. The summed E-state index contributed by atoms with van der Waals surface area (Å²) in [5, 5.41) is 7.43. The molecule has 3 unspecified atom stereocenters.